The molecule has 2 heterocycles. The fourth-order valence-corrected chi connectivity index (χ4v) is 3.35. The molecule has 13 heavy (non-hydrogen) atoms. The standard InChI is InChI=1S/C7H3ClOS3.Na.H/c8-4-5(9)6-3(1-2-11-6)12-7(4)10;;/h1-2,10H;;. The molecule has 0 aliphatic rings. The first-order chi connectivity index (χ1) is 5.70. The second-order valence-electron chi connectivity index (χ2n) is 2.16. The number of thiophene rings is 1. The summed E-state index contributed by atoms with van der Waals surface area (Å²) in [4.78, 5) is 11.4. The Morgan fingerprint density at radius 2 is 2.15 bits per heavy atom. The Kier molecular flexibility index (Phi) is 4.32. The van der Waals surface area contributed by atoms with Gasteiger partial charge in [-0.1, -0.05) is 11.6 Å². The van der Waals surface area contributed by atoms with Gasteiger partial charge in [0.25, 0.3) is 0 Å². The summed E-state index contributed by atoms with van der Waals surface area (Å²) >= 11 is 12.7. The summed E-state index contributed by atoms with van der Waals surface area (Å²) in [5, 5.41) is 2.12. The Bertz CT molecular complexity index is 490. The van der Waals surface area contributed by atoms with Gasteiger partial charge in [-0.15, -0.1) is 35.3 Å². The van der Waals surface area contributed by atoms with E-state index in [1.54, 1.807) is 0 Å². The van der Waals surface area contributed by atoms with Crippen LogP contribution in [0.3, 0.4) is 0 Å². The predicted molar refractivity (Wildman–Crippen MR) is 65.4 cm³/mol. The molecule has 0 saturated heterocycles. The SMILES string of the molecule is O=c1c(Cl)c(S)sc2ccsc12.[NaH]. The van der Waals surface area contributed by atoms with Crippen LogP contribution in [-0.4, -0.2) is 29.6 Å². The summed E-state index contributed by atoms with van der Waals surface area (Å²) in [6, 6.07) is 1.90. The van der Waals surface area contributed by atoms with Gasteiger partial charge in [-0.3, -0.25) is 4.79 Å². The van der Waals surface area contributed by atoms with Crippen LogP contribution in [0.15, 0.2) is 20.5 Å². The van der Waals surface area contributed by atoms with Gasteiger partial charge in [-0.25, -0.2) is 0 Å². The fourth-order valence-electron chi connectivity index (χ4n) is 0.889. The normalized spacial score (nSPS) is 10.0. The van der Waals surface area contributed by atoms with Gasteiger partial charge in [0.15, 0.2) is 0 Å². The van der Waals surface area contributed by atoms with E-state index in [4.69, 9.17) is 11.6 Å². The van der Waals surface area contributed by atoms with E-state index in [0.717, 1.165) is 9.40 Å². The number of rotatable bonds is 0. The minimum atomic E-state index is -0.106. The Hall–Kier alpha value is 0.970. The van der Waals surface area contributed by atoms with Crippen LogP contribution in [0.2, 0.25) is 5.02 Å². The quantitative estimate of drug-likeness (QED) is 0.568. The van der Waals surface area contributed by atoms with E-state index in [1.165, 1.54) is 22.7 Å². The molecule has 2 aromatic heterocycles. The van der Waals surface area contributed by atoms with E-state index >= 15 is 0 Å². The monoisotopic (exact) mass is 258 g/mol. The molecule has 0 radical (unpaired) electrons. The summed E-state index contributed by atoms with van der Waals surface area (Å²) in [6.45, 7) is 0. The van der Waals surface area contributed by atoms with Gasteiger partial charge in [-0.05, 0) is 11.4 Å². The Balaban J connectivity index is 0.000000845. The van der Waals surface area contributed by atoms with Crippen LogP contribution in [-0.2, 0) is 0 Å². The van der Waals surface area contributed by atoms with E-state index in [1.807, 2.05) is 11.4 Å². The molecule has 0 N–H and O–H groups in total. The van der Waals surface area contributed by atoms with Crippen molar-refractivity contribution in [2.24, 2.45) is 0 Å². The molecule has 2 rings (SSSR count). The van der Waals surface area contributed by atoms with Gasteiger partial charge >= 0.3 is 29.6 Å². The van der Waals surface area contributed by atoms with Crippen LogP contribution >= 0.6 is 46.9 Å². The summed E-state index contributed by atoms with van der Waals surface area (Å²) in [5.74, 6) is 0. The topological polar surface area (TPSA) is 17.1 Å². The van der Waals surface area contributed by atoms with Crippen LogP contribution in [0.25, 0.3) is 9.40 Å². The third kappa shape index (κ3) is 2.15. The van der Waals surface area contributed by atoms with Gasteiger partial charge in [0, 0.05) is 0 Å². The molecule has 0 spiro atoms. The molecule has 2 aromatic rings. The number of thiol groups is 1. The van der Waals surface area contributed by atoms with Gasteiger partial charge in [0.1, 0.15) is 5.02 Å². The summed E-state index contributed by atoms with van der Waals surface area (Å²) in [6.07, 6.45) is 0. The molecule has 0 amide bonds. The van der Waals surface area contributed by atoms with Crippen molar-refractivity contribution < 1.29 is 0 Å². The van der Waals surface area contributed by atoms with Crippen LogP contribution in [0.4, 0.5) is 0 Å². The van der Waals surface area contributed by atoms with Crippen LogP contribution in [0.5, 0.6) is 0 Å². The van der Waals surface area contributed by atoms with Gasteiger partial charge < -0.3 is 0 Å². The molecule has 0 atom stereocenters. The van der Waals surface area contributed by atoms with Crippen LogP contribution in [0, 0.1) is 0 Å². The Labute approximate surface area is 115 Å². The van der Waals surface area contributed by atoms with Crippen molar-refractivity contribution in [2.45, 2.75) is 4.21 Å². The molecule has 0 aliphatic heterocycles. The molecule has 64 valence electrons. The zero-order valence-electron chi connectivity index (χ0n) is 5.70. The zero-order valence-corrected chi connectivity index (χ0v) is 8.99. The third-order valence-corrected chi connectivity index (χ3v) is 4.53. The van der Waals surface area contributed by atoms with Crippen molar-refractivity contribution in [3.8, 4) is 0 Å². The second kappa shape index (κ2) is 4.66. The zero-order chi connectivity index (χ0) is 8.72. The summed E-state index contributed by atoms with van der Waals surface area (Å²) < 4.78 is 2.27. The molecule has 0 bridgehead atoms. The predicted octanol–water partition coefficient (Wildman–Crippen LogP) is 2.62. The van der Waals surface area contributed by atoms with Gasteiger partial charge in [0.2, 0.25) is 5.43 Å². The number of hydrogen-bond acceptors (Lipinski definition) is 4. The van der Waals surface area contributed by atoms with Crippen molar-refractivity contribution >= 4 is 85.9 Å². The number of halogens is 1. The van der Waals surface area contributed by atoms with E-state index in [9.17, 15) is 4.79 Å². The van der Waals surface area contributed by atoms with E-state index in [0.29, 0.717) is 4.21 Å². The van der Waals surface area contributed by atoms with Crippen molar-refractivity contribution in [1.82, 2.24) is 0 Å². The minimum absolute atomic E-state index is 0. The van der Waals surface area contributed by atoms with Crippen molar-refractivity contribution in [2.75, 3.05) is 0 Å². The van der Waals surface area contributed by atoms with Gasteiger partial charge in [-0.2, -0.15) is 0 Å². The molecule has 0 unspecified atom stereocenters. The molecular formula is C7H4ClNaOS3. The molecule has 0 aromatic carbocycles. The number of fused-ring (bicyclic) bond motifs is 1. The fraction of sp³-hybridized carbons (Fsp3) is 0. The molecule has 6 heteroatoms. The molecular weight excluding hydrogens is 255 g/mol. The third-order valence-electron chi connectivity index (χ3n) is 1.43. The molecule has 1 nitrogen and oxygen atoms in total. The Morgan fingerprint density at radius 1 is 1.46 bits per heavy atom. The van der Waals surface area contributed by atoms with Gasteiger partial charge in [0.05, 0.1) is 13.6 Å². The van der Waals surface area contributed by atoms with Crippen molar-refractivity contribution in [3.63, 3.8) is 0 Å². The summed E-state index contributed by atoms with van der Waals surface area (Å²) in [7, 11) is 0. The first kappa shape index (κ1) is 12.0. The maximum absolute atomic E-state index is 11.4. The van der Waals surface area contributed by atoms with Crippen molar-refractivity contribution in [3.05, 3.63) is 26.7 Å². The average molecular weight is 259 g/mol. The number of hydrogen-bond donors (Lipinski definition) is 1. The first-order valence-corrected chi connectivity index (χ1v) is 5.61. The van der Waals surface area contributed by atoms with E-state index in [-0.39, 0.29) is 40.0 Å². The second-order valence-corrected chi connectivity index (χ2v) is 5.26. The first-order valence-electron chi connectivity index (χ1n) is 3.09. The van der Waals surface area contributed by atoms with Crippen molar-refractivity contribution in [1.29, 1.82) is 0 Å². The summed E-state index contributed by atoms with van der Waals surface area (Å²) in [5.41, 5.74) is -0.106. The van der Waals surface area contributed by atoms with E-state index < -0.39 is 0 Å². The Morgan fingerprint density at radius 3 is 2.85 bits per heavy atom. The molecule has 0 saturated carbocycles. The van der Waals surface area contributed by atoms with Crippen LogP contribution in [0.1, 0.15) is 0 Å². The maximum atomic E-state index is 11.4. The van der Waals surface area contributed by atoms with E-state index in [2.05, 4.69) is 12.6 Å². The molecule has 0 aliphatic carbocycles. The molecule has 0 fully saturated rings. The average Bonchev–Trinajstić information content (AvgIpc) is 2.48. The van der Waals surface area contributed by atoms with Crippen LogP contribution < -0.4 is 5.43 Å².